The van der Waals surface area contributed by atoms with Crippen molar-refractivity contribution in [2.45, 2.75) is 26.1 Å². The summed E-state index contributed by atoms with van der Waals surface area (Å²) in [6.45, 7) is 3.59. The molecule has 1 aromatic heterocycles. The lowest BCUT2D eigenvalue weighted by Crippen LogP contribution is -2.30. The molecule has 1 aliphatic rings. The number of hydrogen-bond acceptors (Lipinski definition) is 4. The average molecular weight is 442 g/mol. The molecule has 0 atom stereocenters. The summed E-state index contributed by atoms with van der Waals surface area (Å²) in [5, 5.41) is 10.1. The van der Waals surface area contributed by atoms with Crippen molar-refractivity contribution < 1.29 is 14.7 Å². The molecule has 1 amide bonds. The molecule has 0 aliphatic carbocycles. The van der Waals surface area contributed by atoms with Gasteiger partial charge in [-0.25, -0.2) is 5.48 Å². The number of benzene rings is 3. The van der Waals surface area contributed by atoms with Crippen molar-refractivity contribution in [3.05, 3.63) is 101 Å². The second kappa shape index (κ2) is 9.10. The number of hydroxylamine groups is 1. The van der Waals surface area contributed by atoms with E-state index in [-0.39, 0.29) is 0 Å². The van der Waals surface area contributed by atoms with Gasteiger partial charge in [-0.2, -0.15) is 0 Å². The highest BCUT2D eigenvalue weighted by molar-refractivity contribution is 5.93. The van der Waals surface area contributed by atoms with Gasteiger partial charge in [-0.3, -0.25) is 14.9 Å². The zero-order valence-electron chi connectivity index (χ0n) is 18.6. The van der Waals surface area contributed by atoms with Gasteiger partial charge in [0.15, 0.2) is 0 Å². The third-order valence-corrected chi connectivity index (χ3v) is 6.46. The van der Waals surface area contributed by atoms with E-state index in [1.54, 1.807) is 24.7 Å². The Balaban J connectivity index is 1.41. The highest BCUT2D eigenvalue weighted by Crippen LogP contribution is 2.32. The second-order valence-electron chi connectivity index (χ2n) is 8.48. The molecule has 33 heavy (non-hydrogen) atoms. The van der Waals surface area contributed by atoms with Crippen LogP contribution in [0.4, 0.5) is 0 Å². The number of methoxy groups -OCH3 is 1. The van der Waals surface area contributed by atoms with E-state index in [9.17, 15) is 4.79 Å². The van der Waals surface area contributed by atoms with Crippen molar-refractivity contribution in [3.63, 3.8) is 0 Å². The number of para-hydroxylation sites is 1. The van der Waals surface area contributed by atoms with Crippen molar-refractivity contribution in [2.75, 3.05) is 13.7 Å². The van der Waals surface area contributed by atoms with E-state index >= 15 is 0 Å². The van der Waals surface area contributed by atoms with Crippen molar-refractivity contribution in [1.29, 1.82) is 0 Å². The number of nitrogens with one attached hydrogen (secondary N) is 1. The predicted octanol–water partition coefficient (Wildman–Crippen LogP) is 4.38. The number of rotatable bonds is 6. The predicted molar refractivity (Wildman–Crippen MR) is 128 cm³/mol. The molecule has 168 valence electrons. The highest BCUT2D eigenvalue weighted by Gasteiger charge is 2.24. The Morgan fingerprint density at radius 3 is 2.39 bits per heavy atom. The first-order valence-corrected chi connectivity index (χ1v) is 11.1. The van der Waals surface area contributed by atoms with Gasteiger partial charge in [0.2, 0.25) is 0 Å². The molecule has 0 unspecified atom stereocenters. The Kier molecular flexibility index (Phi) is 5.86. The molecule has 4 aromatic rings. The van der Waals surface area contributed by atoms with E-state index in [1.165, 1.54) is 27.7 Å². The topological polar surface area (TPSA) is 66.7 Å². The van der Waals surface area contributed by atoms with Crippen LogP contribution in [0.5, 0.6) is 5.75 Å². The Morgan fingerprint density at radius 1 is 0.970 bits per heavy atom. The average Bonchev–Trinajstić information content (AvgIpc) is 3.17. The number of nitrogens with zero attached hydrogens (tertiary/aromatic N) is 2. The molecule has 5 rings (SSSR count). The van der Waals surface area contributed by atoms with Crippen LogP contribution in [0.3, 0.4) is 0 Å². The molecule has 1 aliphatic heterocycles. The molecule has 2 heterocycles. The Hall–Kier alpha value is -3.61. The fourth-order valence-corrected chi connectivity index (χ4v) is 4.77. The molecule has 0 radical (unpaired) electrons. The zero-order valence-corrected chi connectivity index (χ0v) is 18.6. The van der Waals surface area contributed by atoms with Gasteiger partial charge in [0.1, 0.15) is 5.75 Å². The minimum absolute atomic E-state index is 0.440. The summed E-state index contributed by atoms with van der Waals surface area (Å²) in [6.07, 6.45) is 0.991. The minimum Gasteiger partial charge on any atom is -0.497 e. The SMILES string of the molecule is COc1ccc(CN2CCc3c(c4ccccc4n3Cc3ccc(C(=O)NO)cc3)C2)cc1. The van der Waals surface area contributed by atoms with Crippen molar-refractivity contribution >= 4 is 16.8 Å². The van der Waals surface area contributed by atoms with Gasteiger partial charge in [0.25, 0.3) is 5.91 Å². The molecular formula is C27H27N3O3. The van der Waals surface area contributed by atoms with E-state index < -0.39 is 5.91 Å². The summed E-state index contributed by atoms with van der Waals surface area (Å²) in [5.74, 6) is 0.384. The minimum atomic E-state index is -0.498. The standard InChI is InChI=1S/C27H27N3O3/c1-33-22-12-8-19(9-13-22)16-29-15-14-26-24(18-29)23-4-2-3-5-25(23)30(26)17-20-6-10-21(11-7-20)27(31)28-32/h2-13,32H,14-18H2,1H3,(H,28,31). The highest BCUT2D eigenvalue weighted by atomic mass is 16.5. The number of hydrogen-bond donors (Lipinski definition) is 2. The van der Waals surface area contributed by atoms with E-state index in [0.29, 0.717) is 5.56 Å². The summed E-state index contributed by atoms with van der Waals surface area (Å²) in [6, 6.07) is 24.3. The third-order valence-electron chi connectivity index (χ3n) is 6.46. The van der Waals surface area contributed by atoms with Crippen LogP contribution in [-0.2, 0) is 26.1 Å². The van der Waals surface area contributed by atoms with Crippen molar-refractivity contribution in [3.8, 4) is 5.75 Å². The van der Waals surface area contributed by atoms with Crippen LogP contribution in [-0.4, -0.2) is 34.2 Å². The fraction of sp³-hybridized carbons (Fsp3) is 0.222. The fourth-order valence-electron chi connectivity index (χ4n) is 4.77. The summed E-state index contributed by atoms with van der Waals surface area (Å²) >= 11 is 0. The molecule has 3 aromatic carbocycles. The van der Waals surface area contributed by atoms with Crippen LogP contribution in [0.15, 0.2) is 72.8 Å². The maximum atomic E-state index is 11.6. The lowest BCUT2D eigenvalue weighted by atomic mass is 10.0. The van der Waals surface area contributed by atoms with Crippen molar-refractivity contribution in [1.82, 2.24) is 14.9 Å². The maximum absolute atomic E-state index is 11.6. The molecule has 0 fully saturated rings. The quantitative estimate of drug-likeness (QED) is 0.344. The number of carbonyl (C=O) groups excluding carboxylic acids is 1. The van der Waals surface area contributed by atoms with Crippen LogP contribution in [0, 0.1) is 0 Å². The maximum Gasteiger partial charge on any atom is 0.274 e. The van der Waals surface area contributed by atoms with Gasteiger partial charge >= 0.3 is 0 Å². The lowest BCUT2D eigenvalue weighted by Gasteiger charge is -2.28. The van der Waals surface area contributed by atoms with E-state index in [4.69, 9.17) is 9.94 Å². The summed E-state index contributed by atoms with van der Waals surface area (Å²) in [7, 11) is 1.69. The summed E-state index contributed by atoms with van der Waals surface area (Å²) in [5.41, 5.74) is 8.56. The molecule has 6 heteroatoms. The van der Waals surface area contributed by atoms with Crippen LogP contribution >= 0.6 is 0 Å². The molecule has 0 saturated carbocycles. The van der Waals surface area contributed by atoms with Crippen LogP contribution < -0.4 is 10.2 Å². The number of ether oxygens (including phenoxy) is 1. The smallest absolute Gasteiger partial charge is 0.274 e. The first-order chi connectivity index (χ1) is 16.2. The first-order valence-electron chi connectivity index (χ1n) is 11.1. The Bertz CT molecular complexity index is 1280. The van der Waals surface area contributed by atoms with Gasteiger partial charge in [-0.1, -0.05) is 42.5 Å². The van der Waals surface area contributed by atoms with Gasteiger partial charge in [-0.05, 0) is 47.0 Å². The monoisotopic (exact) mass is 441 g/mol. The van der Waals surface area contributed by atoms with Gasteiger partial charge < -0.3 is 9.30 Å². The lowest BCUT2D eigenvalue weighted by molar-refractivity contribution is 0.0706. The molecule has 0 saturated heterocycles. The number of amides is 1. The number of fused-ring (bicyclic) bond motifs is 3. The third kappa shape index (κ3) is 4.23. The van der Waals surface area contributed by atoms with Gasteiger partial charge in [-0.15, -0.1) is 0 Å². The Labute approximate surface area is 193 Å². The molecule has 2 N–H and O–H groups in total. The largest absolute Gasteiger partial charge is 0.497 e. The summed E-state index contributed by atoms with van der Waals surface area (Å²) in [4.78, 5) is 14.1. The molecule has 6 nitrogen and oxygen atoms in total. The summed E-state index contributed by atoms with van der Waals surface area (Å²) < 4.78 is 7.70. The van der Waals surface area contributed by atoms with Crippen LogP contribution in [0.25, 0.3) is 10.9 Å². The van der Waals surface area contributed by atoms with E-state index in [2.05, 4.69) is 45.9 Å². The van der Waals surface area contributed by atoms with Crippen LogP contribution in [0.2, 0.25) is 0 Å². The Morgan fingerprint density at radius 2 is 1.67 bits per heavy atom. The zero-order chi connectivity index (χ0) is 22.8. The normalized spacial score (nSPS) is 13.6. The van der Waals surface area contributed by atoms with E-state index in [0.717, 1.165) is 43.9 Å². The molecule has 0 bridgehead atoms. The van der Waals surface area contributed by atoms with Gasteiger partial charge in [0, 0.05) is 54.8 Å². The molecule has 0 spiro atoms. The second-order valence-corrected chi connectivity index (χ2v) is 8.48. The van der Waals surface area contributed by atoms with Gasteiger partial charge in [0.05, 0.1) is 7.11 Å². The number of aromatic nitrogens is 1. The van der Waals surface area contributed by atoms with Crippen molar-refractivity contribution in [2.24, 2.45) is 0 Å². The molecular weight excluding hydrogens is 414 g/mol. The first kappa shape index (κ1) is 21.2. The van der Waals surface area contributed by atoms with E-state index in [1.807, 2.05) is 24.3 Å². The van der Waals surface area contributed by atoms with Crippen LogP contribution in [0.1, 0.15) is 32.7 Å². The number of carbonyl (C=O) groups is 1.